The summed E-state index contributed by atoms with van der Waals surface area (Å²) in [6.45, 7) is 6.63. The van der Waals surface area contributed by atoms with Crippen molar-refractivity contribution >= 4 is 17.8 Å². The summed E-state index contributed by atoms with van der Waals surface area (Å²) in [4.78, 5) is 42.8. The van der Waals surface area contributed by atoms with Crippen LogP contribution in [0.2, 0.25) is 0 Å². The van der Waals surface area contributed by atoms with Gasteiger partial charge in [0.05, 0.1) is 12.2 Å². The van der Waals surface area contributed by atoms with Crippen LogP contribution in [0.1, 0.15) is 63.5 Å². The first-order valence-electron chi connectivity index (χ1n) is 9.85. The second-order valence-electron chi connectivity index (χ2n) is 7.07. The van der Waals surface area contributed by atoms with E-state index in [-0.39, 0.29) is 18.2 Å². The molecule has 3 rings (SSSR count). The van der Waals surface area contributed by atoms with E-state index in [4.69, 9.17) is 9.47 Å². The zero-order chi connectivity index (χ0) is 21.0. The monoisotopic (exact) mass is 398 g/mol. The van der Waals surface area contributed by atoms with Gasteiger partial charge in [-0.2, -0.15) is 0 Å². The SMILES string of the molecule is CCOC(=O)c1c(C)[nH]c(C(=O)OC(C(=O)N2CCCC2)c2ccccc2)c1C. The summed E-state index contributed by atoms with van der Waals surface area (Å²) >= 11 is 0. The third kappa shape index (κ3) is 4.34. The fraction of sp³-hybridized carbons (Fsp3) is 0.409. The average Bonchev–Trinajstić information content (AvgIpc) is 3.34. The largest absolute Gasteiger partial charge is 0.462 e. The van der Waals surface area contributed by atoms with Gasteiger partial charge in [-0.1, -0.05) is 30.3 Å². The van der Waals surface area contributed by atoms with Crippen LogP contribution < -0.4 is 0 Å². The number of esters is 2. The first-order chi connectivity index (χ1) is 13.9. The minimum absolute atomic E-state index is 0.153. The van der Waals surface area contributed by atoms with Crippen molar-refractivity contribution in [3.05, 3.63) is 58.4 Å². The number of carbonyl (C=O) groups is 3. The highest BCUT2D eigenvalue weighted by Crippen LogP contribution is 2.26. The van der Waals surface area contributed by atoms with Crippen LogP contribution in [-0.4, -0.2) is 47.4 Å². The molecule has 1 fully saturated rings. The van der Waals surface area contributed by atoms with Crippen molar-refractivity contribution < 1.29 is 23.9 Å². The first-order valence-corrected chi connectivity index (χ1v) is 9.85. The molecule has 2 heterocycles. The van der Waals surface area contributed by atoms with Crippen molar-refractivity contribution in [2.24, 2.45) is 0 Å². The topological polar surface area (TPSA) is 88.7 Å². The number of aryl methyl sites for hydroxylation is 1. The van der Waals surface area contributed by atoms with Gasteiger partial charge in [0.1, 0.15) is 5.69 Å². The zero-order valence-electron chi connectivity index (χ0n) is 17.0. The molecule has 1 aromatic heterocycles. The fourth-order valence-corrected chi connectivity index (χ4v) is 3.62. The molecule has 1 aliphatic heterocycles. The number of amides is 1. The number of aromatic amines is 1. The number of hydrogen-bond acceptors (Lipinski definition) is 5. The normalized spacial score (nSPS) is 14.5. The van der Waals surface area contributed by atoms with Crippen molar-refractivity contribution in [3.8, 4) is 0 Å². The lowest BCUT2D eigenvalue weighted by Gasteiger charge is -2.23. The number of nitrogens with zero attached hydrogens (tertiary/aromatic N) is 1. The van der Waals surface area contributed by atoms with E-state index in [0.717, 1.165) is 12.8 Å². The van der Waals surface area contributed by atoms with Gasteiger partial charge in [-0.25, -0.2) is 9.59 Å². The molecule has 0 spiro atoms. The van der Waals surface area contributed by atoms with Gasteiger partial charge in [0.2, 0.25) is 6.10 Å². The van der Waals surface area contributed by atoms with Crippen molar-refractivity contribution in [2.45, 2.75) is 39.7 Å². The Kier molecular flexibility index (Phi) is 6.36. The van der Waals surface area contributed by atoms with Gasteiger partial charge in [-0.05, 0) is 39.2 Å². The summed E-state index contributed by atoms with van der Waals surface area (Å²) in [5, 5.41) is 0. The van der Waals surface area contributed by atoms with E-state index < -0.39 is 18.0 Å². The molecule has 1 unspecified atom stereocenters. The number of likely N-dealkylation sites (tertiary alicyclic amines) is 1. The zero-order valence-corrected chi connectivity index (χ0v) is 17.0. The smallest absolute Gasteiger partial charge is 0.356 e. The van der Waals surface area contributed by atoms with Crippen molar-refractivity contribution in [1.82, 2.24) is 9.88 Å². The minimum atomic E-state index is -1.03. The van der Waals surface area contributed by atoms with Gasteiger partial charge in [0, 0.05) is 24.3 Å². The van der Waals surface area contributed by atoms with Crippen molar-refractivity contribution in [3.63, 3.8) is 0 Å². The Balaban J connectivity index is 1.88. The van der Waals surface area contributed by atoms with E-state index in [0.29, 0.717) is 35.5 Å². The first kappa shape index (κ1) is 20.6. The number of H-pyrrole nitrogens is 1. The third-order valence-electron chi connectivity index (χ3n) is 5.09. The number of ether oxygens (including phenoxy) is 2. The quantitative estimate of drug-likeness (QED) is 0.754. The van der Waals surface area contributed by atoms with Crippen LogP contribution >= 0.6 is 0 Å². The highest BCUT2D eigenvalue weighted by atomic mass is 16.5. The molecule has 7 nitrogen and oxygen atoms in total. The number of aromatic nitrogens is 1. The lowest BCUT2D eigenvalue weighted by atomic mass is 10.1. The van der Waals surface area contributed by atoms with E-state index >= 15 is 0 Å². The van der Waals surface area contributed by atoms with Gasteiger partial charge in [-0.15, -0.1) is 0 Å². The Labute approximate surface area is 170 Å². The van der Waals surface area contributed by atoms with Gasteiger partial charge in [-0.3, -0.25) is 4.79 Å². The fourth-order valence-electron chi connectivity index (χ4n) is 3.62. The predicted molar refractivity (Wildman–Crippen MR) is 107 cm³/mol. The van der Waals surface area contributed by atoms with Crippen LogP contribution in [0.5, 0.6) is 0 Å². The maximum absolute atomic E-state index is 13.0. The van der Waals surface area contributed by atoms with Crippen molar-refractivity contribution in [2.75, 3.05) is 19.7 Å². The highest BCUT2D eigenvalue weighted by Gasteiger charge is 2.33. The second kappa shape index (κ2) is 8.94. The van der Waals surface area contributed by atoms with Crippen LogP contribution in [0.25, 0.3) is 0 Å². The number of benzene rings is 1. The van der Waals surface area contributed by atoms with Crippen LogP contribution in [0.4, 0.5) is 0 Å². The minimum Gasteiger partial charge on any atom is -0.462 e. The van der Waals surface area contributed by atoms with Crippen LogP contribution in [0.15, 0.2) is 30.3 Å². The number of hydrogen-bond donors (Lipinski definition) is 1. The molecular weight excluding hydrogens is 372 g/mol. The van der Waals surface area contributed by atoms with Gasteiger partial charge in [0.15, 0.2) is 0 Å². The Morgan fingerprint density at radius 2 is 1.72 bits per heavy atom. The molecule has 2 aromatic rings. The lowest BCUT2D eigenvalue weighted by Crippen LogP contribution is -2.35. The molecule has 154 valence electrons. The molecule has 0 radical (unpaired) electrons. The Hall–Kier alpha value is -3.09. The number of rotatable bonds is 6. The molecule has 1 saturated heterocycles. The number of nitrogens with one attached hydrogen (secondary N) is 1. The highest BCUT2D eigenvalue weighted by molar-refractivity contribution is 5.99. The summed E-state index contributed by atoms with van der Waals surface area (Å²) in [5.41, 5.74) is 2.06. The molecule has 1 N–H and O–H groups in total. The summed E-state index contributed by atoms with van der Waals surface area (Å²) in [6, 6.07) is 8.98. The Bertz CT molecular complexity index is 897. The Morgan fingerprint density at radius 1 is 1.07 bits per heavy atom. The van der Waals surface area contributed by atoms with E-state index in [1.807, 2.05) is 6.07 Å². The van der Waals surface area contributed by atoms with Gasteiger partial charge >= 0.3 is 11.9 Å². The van der Waals surface area contributed by atoms with E-state index in [1.165, 1.54) is 0 Å². The average molecular weight is 398 g/mol. The number of carbonyl (C=O) groups excluding carboxylic acids is 3. The van der Waals surface area contributed by atoms with Gasteiger partial charge in [0.25, 0.3) is 5.91 Å². The second-order valence-corrected chi connectivity index (χ2v) is 7.07. The summed E-state index contributed by atoms with van der Waals surface area (Å²) in [6.07, 6.45) is 0.855. The summed E-state index contributed by atoms with van der Waals surface area (Å²) in [7, 11) is 0. The molecule has 1 atom stereocenters. The summed E-state index contributed by atoms with van der Waals surface area (Å²) < 4.78 is 10.7. The molecule has 29 heavy (non-hydrogen) atoms. The molecule has 7 heteroatoms. The molecule has 1 aromatic carbocycles. The van der Waals surface area contributed by atoms with Crippen LogP contribution in [0.3, 0.4) is 0 Å². The maximum atomic E-state index is 13.0. The predicted octanol–water partition coefficient (Wildman–Crippen LogP) is 3.33. The van der Waals surface area contributed by atoms with Crippen molar-refractivity contribution in [1.29, 1.82) is 0 Å². The molecule has 0 bridgehead atoms. The molecule has 0 aliphatic carbocycles. The third-order valence-corrected chi connectivity index (χ3v) is 5.09. The van der Waals surface area contributed by atoms with E-state index in [9.17, 15) is 14.4 Å². The molecular formula is C22H26N2O5. The molecule has 0 saturated carbocycles. The maximum Gasteiger partial charge on any atom is 0.356 e. The molecule has 1 amide bonds. The van der Waals surface area contributed by atoms with Crippen LogP contribution in [0, 0.1) is 13.8 Å². The van der Waals surface area contributed by atoms with E-state index in [1.54, 1.807) is 49.9 Å². The molecule has 1 aliphatic rings. The lowest BCUT2D eigenvalue weighted by molar-refractivity contribution is -0.140. The Morgan fingerprint density at radius 3 is 2.34 bits per heavy atom. The van der Waals surface area contributed by atoms with Crippen LogP contribution in [-0.2, 0) is 14.3 Å². The standard InChI is InChI=1S/C22H26N2O5/c1-4-28-21(26)17-14(2)18(23-15(17)3)22(27)29-19(16-10-6-5-7-11-16)20(25)24-12-8-9-13-24/h5-7,10-11,19,23H,4,8-9,12-13H2,1-3H3. The van der Waals surface area contributed by atoms with E-state index in [2.05, 4.69) is 4.98 Å². The summed E-state index contributed by atoms with van der Waals surface area (Å²) in [5.74, 6) is -1.40. The van der Waals surface area contributed by atoms with Gasteiger partial charge < -0.3 is 19.4 Å².